The minimum atomic E-state index is -0.187. The second-order valence-electron chi connectivity index (χ2n) is 5.71. The molecule has 0 atom stereocenters. The zero-order valence-corrected chi connectivity index (χ0v) is 12.9. The average Bonchev–Trinajstić information content (AvgIpc) is 3.15. The fourth-order valence-electron chi connectivity index (χ4n) is 2.97. The number of hydrogen-bond acceptors (Lipinski definition) is 5. The lowest BCUT2D eigenvalue weighted by molar-refractivity contribution is 0.634. The lowest BCUT2D eigenvalue weighted by Crippen LogP contribution is -2.32. The zero-order chi connectivity index (χ0) is 14.9. The van der Waals surface area contributed by atoms with Crippen molar-refractivity contribution in [1.29, 1.82) is 0 Å². The molecular weight excluding hydrogens is 298 g/mol. The minimum Gasteiger partial charge on any atom is -0.360 e. The molecule has 4 rings (SSSR count). The molecule has 1 aliphatic heterocycles. The number of nitrogens with one attached hydrogen (secondary N) is 3. The molecule has 2 aliphatic rings. The SMILES string of the molecule is O=c1[nH]c2ccc(C3=NN=C(NC4CCCC4)SC3)cc2[nH]1. The first kappa shape index (κ1) is 13.6. The molecule has 2 aromatic rings. The monoisotopic (exact) mass is 315 g/mol. The van der Waals surface area contributed by atoms with Gasteiger partial charge in [0.05, 0.1) is 16.7 Å². The Bertz CT molecular complexity index is 813. The van der Waals surface area contributed by atoms with Crippen molar-refractivity contribution in [2.24, 2.45) is 10.2 Å². The smallest absolute Gasteiger partial charge is 0.323 e. The number of benzene rings is 1. The quantitative estimate of drug-likeness (QED) is 0.794. The lowest BCUT2D eigenvalue weighted by atomic mass is 10.1. The number of amidine groups is 1. The zero-order valence-electron chi connectivity index (χ0n) is 12.1. The van der Waals surface area contributed by atoms with E-state index in [1.54, 1.807) is 11.8 Å². The van der Waals surface area contributed by atoms with Gasteiger partial charge in [0.1, 0.15) is 0 Å². The summed E-state index contributed by atoms with van der Waals surface area (Å²) >= 11 is 1.69. The van der Waals surface area contributed by atoms with Crippen molar-refractivity contribution in [3.63, 3.8) is 0 Å². The summed E-state index contributed by atoms with van der Waals surface area (Å²) in [5.74, 6) is 0.790. The molecule has 1 aromatic heterocycles. The predicted molar refractivity (Wildman–Crippen MR) is 90.7 cm³/mol. The van der Waals surface area contributed by atoms with Gasteiger partial charge >= 0.3 is 5.69 Å². The molecule has 0 amide bonds. The van der Waals surface area contributed by atoms with Crippen LogP contribution in [0.25, 0.3) is 11.0 Å². The number of fused-ring (bicyclic) bond motifs is 1. The molecule has 0 bridgehead atoms. The molecule has 22 heavy (non-hydrogen) atoms. The van der Waals surface area contributed by atoms with Crippen molar-refractivity contribution in [2.75, 3.05) is 5.75 Å². The Labute approximate surface area is 131 Å². The standard InChI is InChI=1S/C15H17N5OS/c21-14-17-11-6-5-9(7-12(11)18-14)13-8-22-15(20-19-13)16-10-3-1-2-4-10/h5-7,10H,1-4,8H2,(H,16,20)(H2,17,18,21). The van der Waals surface area contributed by atoms with E-state index in [0.29, 0.717) is 6.04 Å². The van der Waals surface area contributed by atoms with E-state index in [2.05, 4.69) is 25.5 Å². The van der Waals surface area contributed by atoms with Crippen LogP contribution in [0.4, 0.5) is 0 Å². The Morgan fingerprint density at radius 1 is 1.14 bits per heavy atom. The van der Waals surface area contributed by atoms with Crippen LogP contribution in [0, 0.1) is 0 Å². The Morgan fingerprint density at radius 2 is 1.95 bits per heavy atom. The second-order valence-corrected chi connectivity index (χ2v) is 6.67. The van der Waals surface area contributed by atoms with E-state index in [-0.39, 0.29) is 5.69 Å². The van der Waals surface area contributed by atoms with Gasteiger partial charge in [0, 0.05) is 17.4 Å². The van der Waals surface area contributed by atoms with Crippen LogP contribution in [-0.2, 0) is 0 Å². The fourth-order valence-corrected chi connectivity index (χ4v) is 3.82. The summed E-state index contributed by atoms with van der Waals surface area (Å²) in [5.41, 5.74) is 3.36. The molecule has 1 aliphatic carbocycles. The third-order valence-electron chi connectivity index (χ3n) is 4.14. The van der Waals surface area contributed by atoms with Gasteiger partial charge in [-0.25, -0.2) is 4.79 Å². The van der Waals surface area contributed by atoms with E-state index in [1.165, 1.54) is 25.7 Å². The van der Waals surface area contributed by atoms with Gasteiger partial charge in [-0.1, -0.05) is 30.7 Å². The first-order chi connectivity index (χ1) is 10.8. The molecule has 1 aromatic carbocycles. The number of thioether (sulfide) groups is 1. The van der Waals surface area contributed by atoms with Crippen LogP contribution in [0.5, 0.6) is 0 Å². The summed E-state index contributed by atoms with van der Waals surface area (Å²) in [4.78, 5) is 16.8. The van der Waals surface area contributed by atoms with E-state index in [1.807, 2.05) is 18.2 Å². The number of aromatic nitrogens is 2. The van der Waals surface area contributed by atoms with Gasteiger partial charge in [0.2, 0.25) is 0 Å². The first-order valence-corrected chi connectivity index (χ1v) is 8.53. The maximum Gasteiger partial charge on any atom is 0.323 e. The summed E-state index contributed by atoms with van der Waals surface area (Å²) in [5, 5.41) is 13.1. The van der Waals surface area contributed by atoms with Gasteiger partial charge in [-0.3, -0.25) is 0 Å². The van der Waals surface area contributed by atoms with E-state index >= 15 is 0 Å². The van der Waals surface area contributed by atoms with Crippen molar-refractivity contribution in [1.82, 2.24) is 15.3 Å². The van der Waals surface area contributed by atoms with Crippen LogP contribution in [0.1, 0.15) is 31.2 Å². The second kappa shape index (κ2) is 5.64. The molecule has 0 unspecified atom stereocenters. The molecule has 0 saturated heterocycles. The van der Waals surface area contributed by atoms with Gasteiger partial charge in [0.15, 0.2) is 5.17 Å². The highest BCUT2D eigenvalue weighted by Gasteiger charge is 2.19. The van der Waals surface area contributed by atoms with Crippen LogP contribution in [0.15, 0.2) is 33.2 Å². The summed E-state index contributed by atoms with van der Waals surface area (Å²) < 4.78 is 0. The summed E-state index contributed by atoms with van der Waals surface area (Å²) in [6.45, 7) is 0. The molecule has 114 valence electrons. The largest absolute Gasteiger partial charge is 0.360 e. The Balaban J connectivity index is 1.55. The molecule has 0 spiro atoms. The van der Waals surface area contributed by atoms with Crippen molar-refractivity contribution < 1.29 is 0 Å². The van der Waals surface area contributed by atoms with Crippen molar-refractivity contribution in [3.05, 3.63) is 34.2 Å². The van der Waals surface area contributed by atoms with Crippen LogP contribution in [0.2, 0.25) is 0 Å². The van der Waals surface area contributed by atoms with Crippen molar-refractivity contribution in [3.8, 4) is 0 Å². The highest BCUT2D eigenvalue weighted by atomic mass is 32.2. The maximum atomic E-state index is 11.3. The molecule has 6 nitrogen and oxygen atoms in total. The molecule has 2 heterocycles. The molecule has 1 saturated carbocycles. The van der Waals surface area contributed by atoms with E-state index < -0.39 is 0 Å². The number of aromatic amines is 2. The van der Waals surface area contributed by atoms with Crippen LogP contribution < -0.4 is 11.0 Å². The number of nitrogens with zero attached hydrogens (tertiary/aromatic N) is 2. The van der Waals surface area contributed by atoms with Gasteiger partial charge < -0.3 is 15.3 Å². The normalized spacial score (nSPS) is 19.3. The number of hydrogen-bond donors (Lipinski definition) is 3. The lowest BCUT2D eigenvalue weighted by Gasteiger charge is -2.17. The van der Waals surface area contributed by atoms with E-state index in [9.17, 15) is 4.79 Å². The van der Waals surface area contributed by atoms with Crippen LogP contribution in [-0.4, -0.2) is 32.6 Å². The highest BCUT2D eigenvalue weighted by molar-refractivity contribution is 8.14. The van der Waals surface area contributed by atoms with Gasteiger partial charge in [-0.2, -0.15) is 5.10 Å². The molecular formula is C15H17N5OS. The summed E-state index contributed by atoms with van der Waals surface area (Å²) in [6, 6.07) is 6.36. The summed E-state index contributed by atoms with van der Waals surface area (Å²) in [6.07, 6.45) is 5.07. The fraction of sp³-hybridized carbons (Fsp3) is 0.400. The Morgan fingerprint density at radius 3 is 2.73 bits per heavy atom. The third kappa shape index (κ3) is 2.68. The molecule has 3 N–H and O–H groups in total. The first-order valence-electron chi connectivity index (χ1n) is 7.54. The molecule has 7 heteroatoms. The topological polar surface area (TPSA) is 85.4 Å². The van der Waals surface area contributed by atoms with Gasteiger partial charge in [-0.05, 0) is 25.0 Å². The van der Waals surface area contributed by atoms with Gasteiger partial charge in [0.25, 0.3) is 0 Å². The predicted octanol–water partition coefficient (Wildman–Crippen LogP) is 2.20. The highest BCUT2D eigenvalue weighted by Crippen LogP contribution is 2.21. The minimum absolute atomic E-state index is 0.187. The van der Waals surface area contributed by atoms with Crippen molar-refractivity contribution >= 4 is 33.7 Å². The third-order valence-corrected chi connectivity index (χ3v) is 5.03. The Hall–Kier alpha value is -2.02. The molecule has 0 radical (unpaired) electrons. The summed E-state index contributed by atoms with van der Waals surface area (Å²) in [7, 11) is 0. The molecule has 1 fully saturated rings. The number of H-pyrrole nitrogens is 2. The average molecular weight is 315 g/mol. The van der Waals surface area contributed by atoms with E-state index in [0.717, 1.165) is 33.2 Å². The maximum absolute atomic E-state index is 11.3. The number of rotatable bonds is 2. The van der Waals surface area contributed by atoms with Gasteiger partial charge in [-0.15, -0.1) is 5.10 Å². The van der Waals surface area contributed by atoms with Crippen molar-refractivity contribution in [2.45, 2.75) is 31.7 Å². The van der Waals surface area contributed by atoms with Crippen LogP contribution in [0.3, 0.4) is 0 Å². The van der Waals surface area contributed by atoms with E-state index in [4.69, 9.17) is 0 Å². The Kier molecular flexibility index (Phi) is 3.49. The van der Waals surface area contributed by atoms with Crippen LogP contribution >= 0.6 is 11.8 Å². The number of imidazole rings is 1.